The van der Waals surface area contributed by atoms with Crippen molar-refractivity contribution in [3.05, 3.63) is 181 Å². The number of aliphatic imine (C=N–C) groups is 2. The van der Waals surface area contributed by atoms with Gasteiger partial charge in [-0.3, -0.25) is 0 Å². The molecule has 1 heterocycles. The monoisotopic (exact) mass is 565 g/mol. The third-order valence-corrected chi connectivity index (χ3v) is 7.97. The van der Waals surface area contributed by atoms with Crippen LogP contribution in [0.25, 0.3) is 44.3 Å². The lowest BCUT2D eigenvalue weighted by atomic mass is 10.0. The van der Waals surface area contributed by atoms with Crippen molar-refractivity contribution in [2.24, 2.45) is 9.98 Å². The van der Waals surface area contributed by atoms with E-state index >= 15 is 0 Å². The highest BCUT2D eigenvalue weighted by molar-refractivity contribution is 6.13. The number of amidine groups is 1. The van der Waals surface area contributed by atoms with Gasteiger partial charge in [-0.15, -0.1) is 0 Å². The maximum atomic E-state index is 5.03. The van der Waals surface area contributed by atoms with Crippen molar-refractivity contribution in [2.75, 3.05) is 0 Å². The lowest BCUT2D eigenvalue weighted by Crippen LogP contribution is -2.04. The van der Waals surface area contributed by atoms with E-state index in [1.165, 1.54) is 21.8 Å². The number of rotatable bonds is 6. The standard InChI is InChI=1S/C41H31N3/c1-29(31-14-5-3-6-15-31)42-41(33-16-7-4-8-17-33)43-30(2)34-18-13-19-35(28-34)32-24-26-36(27-25-32)44-39-22-11-9-20-37(39)38-21-10-12-23-40(38)44/h3-28H,1H2,2H3. The summed E-state index contributed by atoms with van der Waals surface area (Å²) in [4.78, 5) is 9.90. The Morgan fingerprint density at radius 1 is 0.500 bits per heavy atom. The van der Waals surface area contributed by atoms with Crippen molar-refractivity contribution >= 4 is 39.1 Å². The number of fused-ring (bicyclic) bond motifs is 3. The van der Waals surface area contributed by atoms with Gasteiger partial charge in [0.1, 0.15) is 0 Å². The van der Waals surface area contributed by atoms with E-state index in [0.29, 0.717) is 11.5 Å². The lowest BCUT2D eigenvalue weighted by molar-refractivity contribution is 1.18. The van der Waals surface area contributed by atoms with Crippen LogP contribution in [0.4, 0.5) is 0 Å². The molecule has 210 valence electrons. The zero-order valence-corrected chi connectivity index (χ0v) is 24.6. The average Bonchev–Trinajstić information content (AvgIpc) is 3.43. The Labute approximate surface area is 257 Å². The molecule has 0 aliphatic carbocycles. The molecule has 44 heavy (non-hydrogen) atoms. The number of benzene rings is 6. The van der Waals surface area contributed by atoms with Crippen molar-refractivity contribution < 1.29 is 0 Å². The molecule has 1 aromatic heterocycles. The summed E-state index contributed by atoms with van der Waals surface area (Å²) in [6, 6.07) is 54.6. The molecular formula is C41H31N3. The largest absolute Gasteiger partial charge is 0.309 e. The first-order valence-corrected chi connectivity index (χ1v) is 14.8. The molecule has 6 aromatic carbocycles. The lowest BCUT2D eigenvalue weighted by Gasteiger charge is -2.11. The van der Waals surface area contributed by atoms with E-state index in [1.54, 1.807) is 0 Å². The van der Waals surface area contributed by atoms with Gasteiger partial charge in [-0.2, -0.15) is 0 Å². The summed E-state index contributed by atoms with van der Waals surface area (Å²) < 4.78 is 2.34. The topological polar surface area (TPSA) is 29.6 Å². The van der Waals surface area contributed by atoms with Gasteiger partial charge in [-0.1, -0.05) is 134 Å². The van der Waals surface area contributed by atoms with E-state index in [0.717, 1.165) is 39.2 Å². The minimum absolute atomic E-state index is 0.637. The van der Waals surface area contributed by atoms with Crippen LogP contribution in [0.2, 0.25) is 0 Å². The van der Waals surface area contributed by atoms with Gasteiger partial charge in [-0.25, -0.2) is 9.98 Å². The smallest absolute Gasteiger partial charge is 0.160 e. The molecule has 7 aromatic rings. The molecule has 0 saturated carbocycles. The van der Waals surface area contributed by atoms with Gasteiger partial charge < -0.3 is 4.57 Å². The van der Waals surface area contributed by atoms with Crippen LogP contribution in [0.15, 0.2) is 174 Å². The third-order valence-electron chi connectivity index (χ3n) is 7.97. The second-order valence-corrected chi connectivity index (χ2v) is 10.8. The first-order valence-electron chi connectivity index (χ1n) is 14.8. The molecule has 0 saturated heterocycles. The first kappa shape index (κ1) is 27.1. The molecule has 0 fully saturated rings. The van der Waals surface area contributed by atoms with Crippen LogP contribution in [0.3, 0.4) is 0 Å². The zero-order valence-electron chi connectivity index (χ0n) is 24.6. The average molecular weight is 566 g/mol. The second-order valence-electron chi connectivity index (χ2n) is 10.8. The predicted octanol–water partition coefficient (Wildman–Crippen LogP) is 10.4. The van der Waals surface area contributed by atoms with Gasteiger partial charge >= 0.3 is 0 Å². The van der Waals surface area contributed by atoms with Gasteiger partial charge in [0.05, 0.1) is 16.7 Å². The highest BCUT2D eigenvalue weighted by atomic mass is 15.0. The Hall–Kier alpha value is -5.80. The Kier molecular flexibility index (Phi) is 7.27. The minimum atomic E-state index is 0.637. The number of para-hydroxylation sites is 2. The van der Waals surface area contributed by atoms with Gasteiger partial charge in [0.25, 0.3) is 0 Å². The molecule has 0 N–H and O–H groups in total. The van der Waals surface area contributed by atoms with Crippen molar-refractivity contribution in [3.8, 4) is 16.8 Å². The Morgan fingerprint density at radius 3 is 1.68 bits per heavy atom. The summed E-state index contributed by atoms with van der Waals surface area (Å²) in [7, 11) is 0. The second kappa shape index (κ2) is 11.8. The fourth-order valence-electron chi connectivity index (χ4n) is 5.72. The van der Waals surface area contributed by atoms with Crippen LogP contribution in [-0.4, -0.2) is 16.1 Å². The third kappa shape index (κ3) is 5.28. The van der Waals surface area contributed by atoms with E-state index < -0.39 is 0 Å². The van der Waals surface area contributed by atoms with Gasteiger partial charge in [-0.05, 0) is 59.5 Å². The van der Waals surface area contributed by atoms with Gasteiger partial charge in [0.15, 0.2) is 5.84 Å². The summed E-state index contributed by atoms with van der Waals surface area (Å²) >= 11 is 0. The molecular weight excluding hydrogens is 534 g/mol. The van der Waals surface area contributed by atoms with E-state index in [-0.39, 0.29) is 0 Å². The van der Waals surface area contributed by atoms with Crippen molar-refractivity contribution in [3.63, 3.8) is 0 Å². The molecule has 0 aliphatic rings. The molecule has 3 heteroatoms. The fourth-order valence-corrected chi connectivity index (χ4v) is 5.72. The highest BCUT2D eigenvalue weighted by Crippen LogP contribution is 2.32. The van der Waals surface area contributed by atoms with Crippen molar-refractivity contribution in [1.82, 2.24) is 4.57 Å². The molecule has 7 rings (SSSR count). The molecule has 0 amide bonds. The predicted molar refractivity (Wildman–Crippen MR) is 187 cm³/mol. The van der Waals surface area contributed by atoms with E-state index in [9.17, 15) is 0 Å². The molecule has 0 atom stereocenters. The summed E-state index contributed by atoms with van der Waals surface area (Å²) in [6.45, 7) is 6.26. The van der Waals surface area contributed by atoms with Gasteiger partial charge in [0, 0.05) is 27.7 Å². The number of aromatic nitrogens is 1. The fraction of sp³-hybridized carbons (Fsp3) is 0.0244. The SMILES string of the molecule is C=C(N=C(N=C(C)c1cccc(-c2ccc(-n3c4ccccc4c4ccccc43)cc2)c1)c1ccccc1)c1ccccc1. The molecule has 0 aliphatic heterocycles. The van der Waals surface area contributed by atoms with E-state index in [1.807, 2.05) is 67.6 Å². The van der Waals surface area contributed by atoms with Crippen LogP contribution >= 0.6 is 0 Å². The van der Waals surface area contributed by atoms with Crippen LogP contribution in [0.5, 0.6) is 0 Å². The quantitative estimate of drug-likeness (QED) is 0.142. The van der Waals surface area contributed by atoms with Crippen LogP contribution in [0, 0.1) is 0 Å². The Balaban J connectivity index is 1.22. The normalized spacial score (nSPS) is 12.1. The number of hydrogen-bond acceptors (Lipinski definition) is 1. The zero-order chi connectivity index (χ0) is 29.9. The van der Waals surface area contributed by atoms with Crippen molar-refractivity contribution in [2.45, 2.75) is 6.92 Å². The minimum Gasteiger partial charge on any atom is -0.309 e. The summed E-state index contributed by atoms with van der Waals surface area (Å²) in [5, 5.41) is 2.53. The molecule has 0 spiro atoms. The first-order chi connectivity index (χ1) is 21.7. The van der Waals surface area contributed by atoms with Crippen LogP contribution in [0.1, 0.15) is 23.6 Å². The Morgan fingerprint density at radius 2 is 1.05 bits per heavy atom. The number of hydrogen-bond donors (Lipinski definition) is 0. The van der Waals surface area contributed by atoms with E-state index in [4.69, 9.17) is 9.98 Å². The summed E-state index contributed by atoms with van der Waals surface area (Å²) in [5.41, 5.74) is 10.4. The summed E-state index contributed by atoms with van der Waals surface area (Å²) in [6.07, 6.45) is 0. The highest BCUT2D eigenvalue weighted by Gasteiger charge is 2.12. The summed E-state index contributed by atoms with van der Waals surface area (Å²) in [5.74, 6) is 0.637. The molecule has 3 nitrogen and oxygen atoms in total. The van der Waals surface area contributed by atoms with Crippen LogP contribution in [-0.2, 0) is 0 Å². The number of nitrogens with zero attached hydrogens (tertiary/aromatic N) is 3. The maximum absolute atomic E-state index is 5.03. The Bertz CT molecular complexity index is 2110. The van der Waals surface area contributed by atoms with Crippen LogP contribution < -0.4 is 0 Å². The van der Waals surface area contributed by atoms with Crippen molar-refractivity contribution in [1.29, 1.82) is 0 Å². The van der Waals surface area contributed by atoms with E-state index in [2.05, 4.69) is 108 Å². The van der Waals surface area contributed by atoms with Gasteiger partial charge in [0.2, 0.25) is 0 Å². The maximum Gasteiger partial charge on any atom is 0.160 e. The molecule has 0 bridgehead atoms. The molecule has 0 radical (unpaired) electrons. The molecule has 0 unspecified atom stereocenters.